The largest absolute Gasteiger partial charge is 0.322 e. The summed E-state index contributed by atoms with van der Waals surface area (Å²) in [7, 11) is 0. The highest BCUT2D eigenvalue weighted by atomic mass is 15.3. The molecule has 106 valence electrons. The molecule has 0 fully saturated rings. The van der Waals surface area contributed by atoms with Crippen LogP contribution in [0.2, 0.25) is 0 Å². The summed E-state index contributed by atoms with van der Waals surface area (Å²) in [6.45, 7) is 0. The van der Waals surface area contributed by atoms with Gasteiger partial charge < -0.3 is 4.98 Å². The molecule has 1 N–H and O–H groups in total. The summed E-state index contributed by atoms with van der Waals surface area (Å²) >= 11 is 0. The zero-order chi connectivity index (χ0) is 14.8. The summed E-state index contributed by atoms with van der Waals surface area (Å²) in [5.41, 5.74) is 4.11. The Labute approximate surface area is 128 Å². The second kappa shape index (κ2) is 5.33. The lowest BCUT2D eigenvalue weighted by molar-refractivity contribution is 0.826. The molecule has 4 heteroatoms. The lowest BCUT2D eigenvalue weighted by Gasteiger charge is -2.02. The number of hydrogen-bond donors (Lipinski definition) is 1. The fourth-order valence-corrected chi connectivity index (χ4v) is 2.48. The van der Waals surface area contributed by atoms with Crippen LogP contribution in [0.1, 0.15) is 0 Å². The van der Waals surface area contributed by atoms with Crippen LogP contribution < -0.4 is 0 Å². The molecule has 0 bridgehead atoms. The van der Waals surface area contributed by atoms with E-state index in [9.17, 15) is 0 Å². The third-order valence-corrected chi connectivity index (χ3v) is 3.52. The molecular weight excluding hydrogens is 272 g/mol. The predicted octanol–water partition coefficient (Wildman–Crippen LogP) is 3.93. The van der Waals surface area contributed by atoms with Gasteiger partial charge in [-0.05, 0) is 6.07 Å². The van der Waals surface area contributed by atoms with Crippen LogP contribution >= 0.6 is 0 Å². The van der Waals surface area contributed by atoms with Gasteiger partial charge in [0, 0.05) is 23.5 Å². The number of imidazole rings is 1. The van der Waals surface area contributed by atoms with Crippen molar-refractivity contribution in [3.05, 3.63) is 79.1 Å². The Hall–Kier alpha value is -3.14. The number of nitrogens with zero attached hydrogens (tertiary/aromatic N) is 3. The highest BCUT2D eigenvalue weighted by Crippen LogP contribution is 2.30. The maximum atomic E-state index is 4.74. The molecule has 0 amide bonds. The number of nitrogens with one attached hydrogen (secondary N) is 1. The molecule has 4 rings (SSSR count). The minimum absolute atomic E-state index is 0.711. The molecule has 0 aliphatic carbocycles. The Bertz CT molecular complexity index is 805. The molecule has 2 heterocycles. The third kappa shape index (κ3) is 2.20. The van der Waals surface area contributed by atoms with Gasteiger partial charge >= 0.3 is 0 Å². The van der Waals surface area contributed by atoms with Gasteiger partial charge in [0.2, 0.25) is 5.95 Å². The SMILES string of the molecule is c1ccc(-c2nc(-n3cccn3)[nH]c2-c2ccccc2)cc1. The Balaban J connectivity index is 1.92. The zero-order valence-corrected chi connectivity index (χ0v) is 11.8. The molecular formula is C18H14N4. The van der Waals surface area contributed by atoms with Crippen LogP contribution in [0.3, 0.4) is 0 Å². The summed E-state index contributed by atoms with van der Waals surface area (Å²) in [6, 6.07) is 22.3. The molecule has 4 aromatic rings. The van der Waals surface area contributed by atoms with Gasteiger partial charge in [0.25, 0.3) is 0 Å². The second-order valence-corrected chi connectivity index (χ2v) is 4.97. The third-order valence-electron chi connectivity index (χ3n) is 3.52. The second-order valence-electron chi connectivity index (χ2n) is 4.97. The Kier molecular flexibility index (Phi) is 3.05. The molecule has 4 nitrogen and oxygen atoms in total. The van der Waals surface area contributed by atoms with Crippen molar-refractivity contribution in [3.63, 3.8) is 0 Å². The lowest BCUT2D eigenvalue weighted by atomic mass is 10.1. The smallest absolute Gasteiger partial charge is 0.229 e. The van der Waals surface area contributed by atoms with Crippen molar-refractivity contribution in [2.75, 3.05) is 0 Å². The topological polar surface area (TPSA) is 46.5 Å². The Morgan fingerprint density at radius 2 is 1.45 bits per heavy atom. The monoisotopic (exact) mass is 286 g/mol. The molecule has 0 unspecified atom stereocenters. The number of benzene rings is 2. The van der Waals surface area contributed by atoms with E-state index in [1.54, 1.807) is 10.9 Å². The van der Waals surface area contributed by atoms with Gasteiger partial charge in [-0.2, -0.15) is 5.10 Å². The van der Waals surface area contributed by atoms with E-state index < -0.39 is 0 Å². The van der Waals surface area contributed by atoms with Gasteiger partial charge in [0.05, 0.1) is 11.4 Å². The van der Waals surface area contributed by atoms with Crippen LogP contribution in [-0.4, -0.2) is 19.7 Å². The number of H-pyrrole nitrogens is 1. The Morgan fingerprint density at radius 3 is 2.09 bits per heavy atom. The molecule has 0 aliphatic heterocycles. The summed E-state index contributed by atoms with van der Waals surface area (Å²) in [5, 5.41) is 4.25. The standard InChI is InChI=1S/C18H14N4/c1-3-8-14(9-4-1)16-17(15-10-5-2-6-11-15)21-18(20-16)22-13-7-12-19-22/h1-13H,(H,20,21). The van der Waals surface area contributed by atoms with E-state index in [1.807, 2.05) is 48.7 Å². The fourth-order valence-electron chi connectivity index (χ4n) is 2.48. The van der Waals surface area contributed by atoms with E-state index in [0.717, 1.165) is 22.5 Å². The summed E-state index contributed by atoms with van der Waals surface area (Å²) < 4.78 is 1.74. The molecule has 0 atom stereocenters. The van der Waals surface area contributed by atoms with Crippen LogP contribution in [0.4, 0.5) is 0 Å². The van der Waals surface area contributed by atoms with Crippen LogP contribution in [0, 0.1) is 0 Å². The fraction of sp³-hybridized carbons (Fsp3) is 0. The number of aromatic amines is 1. The molecule has 22 heavy (non-hydrogen) atoms. The van der Waals surface area contributed by atoms with Crippen LogP contribution in [0.25, 0.3) is 28.5 Å². The lowest BCUT2D eigenvalue weighted by Crippen LogP contribution is -1.96. The van der Waals surface area contributed by atoms with Gasteiger partial charge in [0.15, 0.2) is 0 Å². The highest BCUT2D eigenvalue weighted by Gasteiger charge is 2.14. The maximum Gasteiger partial charge on any atom is 0.229 e. The Morgan fingerprint density at radius 1 is 0.773 bits per heavy atom. The number of rotatable bonds is 3. The minimum Gasteiger partial charge on any atom is -0.322 e. The highest BCUT2D eigenvalue weighted by molar-refractivity contribution is 5.79. The van der Waals surface area contributed by atoms with Crippen LogP contribution in [-0.2, 0) is 0 Å². The minimum atomic E-state index is 0.711. The molecule has 0 saturated carbocycles. The van der Waals surface area contributed by atoms with Crippen LogP contribution in [0.15, 0.2) is 79.1 Å². The first-order valence-electron chi connectivity index (χ1n) is 7.13. The maximum absolute atomic E-state index is 4.74. The van der Waals surface area contributed by atoms with Crippen molar-refractivity contribution >= 4 is 0 Å². The summed E-state index contributed by atoms with van der Waals surface area (Å²) in [6.07, 6.45) is 3.62. The number of aromatic nitrogens is 4. The molecule has 0 aliphatic rings. The van der Waals surface area contributed by atoms with Crippen molar-refractivity contribution in [2.45, 2.75) is 0 Å². The average molecular weight is 286 g/mol. The van der Waals surface area contributed by atoms with E-state index in [0.29, 0.717) is 5.95 Å². The number of hydrogen-bond acceptors (Lipinski definition) is 2. The van der Waals surface area contributed by atoms with E-state index in [-0.39, 0.29) is 0 Å². The first kappa shape index (κ1) is 12.6. The summed E-state index contributed by atoms with van der Waals surface area (Å²) in [5.74, 6) is 0.711. The summed E-state index contributed by atoms with van der Waals surface area (Å²) in [4.78, 5) is 8.13. The normalized spacial score (nSPS) is 10.7. The van der Waals surface area contributed by atoms with E-state index in [2.05, 4.69) is 34.3 Å². The average Bonchev–Trinajstić information content (AvgIpc) is 3.26. The van der Waals surface area contributed by atoms with Gasteiger partial charge in [-0.25, -0.2) is 9.67 Å². The molecule has 2 aromatic heterocycles. The van der Waals surface area contributed by atoms with E-state index in [4.69, 9.17) is 4.98 Å². The van der Waals surface area contributed by atoms with Crippen LogP contribution in [0.5, 0.6) is 0 Å². The zero-order valence-electron chi connectivity index (χ0n) is 11.8. The first-order valence-corrected chi connectivity index (χ1v) is 7.13. The van der Waals surface area contributed by atoms with Crippen molar-refractivity contribution in [3.8, 4) is 28.5 Å². The molecule has 0 saturated heterocycles. The predicted molar refractivity (Wildman–Crippen MR) is 86.6 cm³/mol. The van der Waals surface area contributed by atoms with Gasteiger partial charge in [-0.3, -0.25) is 0 Å². The van der Waals surface area contributed by atoms with Gasteiger partial charge in [0.1, 0.15) is 0 Å². The quantitative estimate of drug-likeness (QED) is 0.620. The van der Waals surface area contributed by atoms with E-state index in [1.165, 1.54) is 0 Å². The van der Waals surface area contributed by atoms with Crippen molar-refractivity contribution in [1.82, 2.24) is 19.7 Å². The van der Waals surface area contributed by atoms with Crippen molar-refractivity contribution in [1.29, 1.82) is 0 Å². The molecule has 2 aromatic carbocycles. The molecule has 0 radical (unpaired) electrons. The van der Waals surface area contributed by atoms with Gasteiger partial charge in [-0.15, -0.1) is 0 Å². The first-order chi connectivity index (χ1) is 10.9. The van der Waals surface area contributed by atoms with Crippen molar-refractivity contribution < 1.29 is 0 Å². The van der Waals surface area contributed by atoms with Gasteiger partial charge in [-0.1, -0.05) is 60.7 Å². The molecule has 0 spiro atoms. The van der Waals surface area contributed by atoms with E-state index >= 15 is 0 Å². The van der Waals surface area contributed by atoms with Crippen molar-refractivity contribution in [2.24, 2.45) is 0 Å².